The van der Waals surface area contributed by atoms with E-state index in [1.807, 2.05) is 0 Å². The van der Waals surface area contributed by atoms with E-state index < -0.39 is 46.2 Å². The second kappa shape index (κ2) is 8.92. The molecule has 0 atom stereocenters. The molecule has 4 rings (SSSR count). The number of likely N-dealkylation sites (tertiary alicyclic amines) is 1. The second-order valence-corrected chi connectivity index (χ2v) is 9.23. The fraction of sp³-hybridized carbons (Fsp3) is 0.417. The molecule has 10 heteroatoms. The topological polar surface area (TPSA) is 102 Å². The molecule has 1 saturated carbocycles. The number of amides is 1. The minimum Gasteiger partial charge on any atom is -0.480 e. The molecule has 7 nitrogen and oxygen atoms in total. The van der Waals surface area contributed by atoms with Gasteiger partial charge in [-0.2, -0.15) is 0 Å². The fourth-order valence-electron chi connectivity index (χ4n) is 4.58. The number of nitrogens with one attached hydrogen (secondary N) is 2. The van der Waals surface area contributed by atoms with E-state index in [-0.39, 0.29) is 30.9 Å². The van der Waals surface area contributed by atoms with Crippen LogP contribution in [0.15, 0.2) is 30.3 Å². The Hall–Kier alpha value is -3.11. The zero-order valence-corrected chi connectivity index (χ0v) is 18.6. The van der Waals surface area contributed by atoms with Crippen LogP contribution in [0, 0.1) is 24.4 Å². The first-order valence-electron chi connectivity index (χ1n) is 11.0. The third kappa shape index (κ3) is 4.47. The zero-order valence-electron chi connectivity index (χ0n) is 18.6. The van der Waals surface area contributed by atoms with Crippen molar-refractivity contribution in [1.82, 2.24) is 10.2 Å². The molecule has 1 aliphatic heterocycles. The van der Waals surface area contributed by atoms with Crippen molar-refractivity contribution in [3.63, 3.8) is 0 Å². The van der Waals surface area contributed by atoms with Crippen molar-refractivity contribution in [2.24, 2.45) is 0 Å². The van der Waals surface area contributed by atoms with Crippen LogP contribution in [0.3, 0.4) is 0 Å². The summed E-state index contributed by atoms with van der Waals surface area (Å²) in [5.41, 5.74) is -2.65. The second-order valence-electron chi connectivity index (χ2n) is 9.23. The number of anilines is 2. The van der Waals surface area contributed by atoms with Crippen LogP contribution in [0.2, 0.25) is 0 Å². The van der Waals surface area contributed by atoms with Crippen LogP contribution in [-0.2, 0) is 4.79 Å². The number of β-amino-alcohol motifs (C(OH)–C–C–N with tert-alkyl or cyclic N) is 1. The molecular weight excluding hydrogens is 451 g/mol. The fourth-order valence-corrected chi connectivity index (χ4v) is 4.58. The van der Waals surface area contributed by atoms with Crippen molar-refractivity contribution in [2.75, 3.05) is 25.0 Å². The average molecular weight is 477 g/mol. The Bertz CT molecular complexity index is 1130. The summed E-state index contributed by atoms with van der Waals surface area (Å²) in [6.07, 6.45) is 2.46. The van der Waals surface area contributed by atoms with Gasteiger partial charge in [0.2, 0.25) is 0 Å². The normalized spacial score (nSPS) is 18.4. The van der Waals surface area contributed by atoms with E-state index in [1.54, 1.807) is 13.0 Å². The summed E-state index contributed by atoms with van der Waals surface area (Å²) in [4.78, 5) is 26.0. The molecule has 1 amide bonds. The maximum absolute atomic E-state index is 14.6. The van der Waals surface area contributed by atoms with Crippen molar-refractivity contribution in [1.29, 1.82) is 0 Å². The van der Waals surface area contributed by atoms with Crippen molar-refractivity contribution in [3.05, 3.63) is 58.9 Å². The minimum atomic E-state index is -1.35. The Morgan fingerprint density at radius 3 is 2.35 bits per heavy atom. The van der Waals surface area contributed by atoms with Crippen LogP contribution in [-0.4, -0.2) is 57.8 Å². The van der Waals surface area contributed by atoms with Gasteiger partial charge in [-0.1, -0.05) is 18.9 Å². The Morgan fingerprint density at radius 1 is 1.06 bits per heavy atom. The number of aliphatic hydroxyl groups is 1. The minimum absolute atomic E-state index is 0.0272. The molecular formula is C24H26F3N3O4. The number of carbonyl (C=O) groups is 2. The van der Waals surface area contributed by atoms with Crippen LogP contribution < -0.4 is 10.6 Å². The van der Waals surface area contributed by atoms with Gasteiger partial charge in [0, 0.05) is 6.54 Å². The lowest BCUT2D eigenvalue weighted by atomic mass is 9.90. The lowest BCUT2D eigenvalue weighted by molar-refractivity contribution is -0.146. The number of hydrogen-bond acceptors (Lipinski definition) is 5. The number of carboxylic acids is 1. The summed E-state index contributed by atoms with van der Waals surface area (Å²) in [5, 5.41) is 25.8. The number of halogens is 3. The smallest absolute Gasteiger partial charge is 0.323 e. The van der Waals surface area contributed by atoms with Crippen molar-refractivity contribution >= 4 is 23.3 Å². The third-order valence-electron chi connectivity index (χ3n) is 6.59. The predicted molar refractivity (Wildman–Crippen MR) is 118 cm³/mol. The average Bonchev–Trinajstić information content (AvgIpc) is 3.25. The molecule has 4 N–H and O–H groups in total. The van der Waals surface area contributed by atoms with E-state index in [0.717, 1.165) is 25.0 Å². The van der Waals surface area contributed by atoms with Crippen LogP contribution >= 0.6 is 0 Å². The molecule has 0 aromatic heterocycles. The number of nitrogens with zero attached hydrogens (tertiary/aromatic N) is 1. The van der Waals surface area contributed by atoms with Gasteiger partial charge in [-0.15, -0.1) is 0 Å². The lowest BCUT2D eigenvalue weighted by Crippen LogP contribution is -2.69. The Labute approximate surface area is 194 Å². The molecule has 2 aliphatic rings. The lowest BCUT2D eigenvalue weighted by Gasteiger charge is -2.47. The van der Waals surface area contributed by atoms with E-state index in [0.29, 0.717) is 18.4 Å². The highest BCUT2D eigenvalue weighted by Crippen LogP contribution is 2.33. The first-order valence-corrected chi connectivity index (χ1v) is 11.0. The quantitative estimate of drug-likeness (QED) is 0.488. The molecule has 0 unspecified atom stereocenters. The monoisotopic (exact) mass is 477 g/mol. The number of aliphatic carboxylic acids is 1. The molecule has 0 radical (unpaired) electrons. The number of hydrogen-bond donors (Lipinski definition) is 4. The summed E-state index contributed by atoms with van der Waals surface area (Å²) in [5.74, 6) is -4.86. The molecule has 182 valence electrons. The Kier molecular flexibility index (Phi) is 6.30. The molecule has 0 bridgehead atoms. The molecule has 2 aromatic carbocycles. The molecule has 2 aromatic rings. The SMILES string of the molecule is Cc1ccc(Nc2c(C(=O)N3CC(O)(CNC4(C(=O)O)CCCC4)C3)ccc(F)c2F)c(F)c1. The molecule has 34 heavy (non-hydrogen) atoms. The summed E-state index contributed by atoms with van der Waals surface area (Å²) in [6, 6.07) is 6.07. The van der Waals surface area contributed by atoms with E-state index in [1.165, 1.54) is 17.0 Å². The van der Waals surface area contributed by atoms with Crippen LogP contribution in [0.5, 0.6) is 0 Å². The van der Waals surface area contributed by atoms with E-state index in [4.69, 9.17) is 0 Å². The van der Waals surface area contributed by atoms with E-state index in [2.05, 4.69) is 10.6 Å². The highest BCUT2D eigenvalue weighted by atomic mass is 19.2. The summed E-state index contributed by atoms with van der Waals surface area (Å²) < 4.78 is 42.8. The van der Waals surface area contributed by atoms with Gasteiger partial charge < -0.3 is 20.4 Å². The van der Waals surface area contributed by atoms with Gasteiger partial charge >= 0.3 is 5.97 Å². The summed E-state index contributed by atoms with van der Waals surface area (Å²) in [7, 11) is 0. The number of benzene rings is 2. The third-order valence-corrected chi connectivity index (χ3v) is 6.59. The first-order chi connectivity index (χ1) is 16.0. The van der Waals surface area contributed by atoms with Crippen molar-refractivity contribution in [3.8, 4) is 0 Å². The van der Waals surface area contributed by atoms with Crippen molar-refractivity contribution < 1.29 is 33.0 Å². The number of carbonyl (C=O) groups excluding carboxylic acids is 1. The van der Waals surface area contributed by atoms with Crippen molar-refractivity contribution in [2.45, 2.75) is 43.7 Å². The highest BCUT2D eigenvalue weighted by Gasteiger charge is 2.48. The van der Waals surface area contributed by atoms with Crippen LogP contribution in [0.1, 0.15) is 41.6 Å². The Balaban J connectivity index is 1.48. The van der Waals surface area contributed by atoms with Gasteiger partial charge in [0.15, 0.2) is 11.6 Å². The van der Waals surface area contributed by atoms with Crippen LogP contribution in [0.4, 0.5) is 24.5 Å². The van der Waals surface area contributed by atoms with Gasteiger partial charge in [0.25, 0.3) is 5.91 Å². The zero-order chi connectivity index (χ0) is 24.7. The van der Waals surface area contributed by atoms with E-state index >= 15 is 0 Å². The molecule has 1 aliphatic carbocycles. The molecule has 0 spiro atoms. The van der Waals surface area contributed by atoms with Gasteiger partial charge in [0.05, 0.1) is 30.0 Å². The summed E-state index contributed by atoms with van der Waals surface area (Å²) in [6.45, 7) is 1.41. The van der Waals surface area contributed by atoms with Gasteiger partial charge in [-0.25, -0.2) is 13.2 Å². The Morgan fingerprint density at radius 2 is 1.74 bits per heavy atom. The molecule has 2 fully saturated rings. The van der Waals surface area contributed by atoms with Gasteiger partial charge in [-0.3, -0.25) is 14.9 Å². The first kappa shape index (κ1) is 24.0. The van der Waals surface area contributed by atoms with E-state index in [9.17, 15) is 33.0 Å². The number of carboxylic acid groups (broad SMARTS) is 1. The highest BCUT2D eigenvalue weighted by molar-refractivity contribution is 6.01. The molecule has 1 heterocycles. The maximum Gasteiger partial charge on any atom is 0.323 e. The summed E-state index contributed by atoms with van der Waals surface area (Å²) >= 11 is 0. The number of rotatable bonds is 7. The standard InChI is InChI=1S/C24H26F3N3O4/c1-14-4-7-18(17(26)10-14)29-20-15(5-6-16(25)19(20)27)21(31)30-12-23(34,13-30)11-28-24(22(32)33)8-2-3-9-24/h4-7,10,28-29,34H,2-3,8-9,11-13H2,1H3,(H,32,33). The van der Waals surface area contributed by atoms with Crippen LogP contribution in [0.25, 0.3) is 0 Å². The van der Waals surface area contributed by atoms with Gasteiger partial charge in [0.1, 0.15) is 17.0 Å². The van der Waals surface area contributed by atoms with Gasteiger partial charge in [-0.05, 0) is 49.6 Å². The predicted octanol–water partition coefficient (Wildman–Crippen LogP) is 3.33. The number of aryl methyl sites for hydroxylation is 1. The largest absolute Gasteiger partial charge is 0.480 e. The molecule has 1 saturated heterocycles. The maximum atomic E-state index is 14.6.